The van der Waals surface area contributed by atoms with Gasteiger partial charge in [-0.1, -0.05) is 5.16 Å². The number of hydrogen-bond acceptors (Lipinski definition) is 7. The molecule has 0 spiro atoms. The number of anilines is 1. The monoisotopic (exact) mass is 313 g/mol. The van der Waals surface area contributed by atoms with Crippen molar-refractivity contribution in [1.82, 2.24) is 30.0 Å². The van der Waals surface area contributed by atoms with Gasteiger partial charge in [0.25, 0.3) is 0 Å². The molecule has 23 heavy (non-hydrogen) atoms. The Morgan fingerprint density at radius 3 is 2.78 bits per heavy atom. The first-order chi connectivity index (χ1) is 11.2. The van der Waals surface area contributed by atoms with Crippen molar-refractivity contribution in [2.45, 2.75) is 19.9 Å². The van der Waals surface area contributed by atoms with Gasteiger partial charge in [0.1, 0.15) is 17.8 Å². The highest BCUT2D eigenvalue weighted by atomic mass is 16.5. The van der Waals surface area contributed by atoms with Crippen molar-refractivity contribution in [1.29, 1.82) is 0 Å². The minimum Gasteiger partial charge on any atom is -0.353 e. The zero-order valence-electron chi connectivity index (χ0n) is 13.2. The molecular weight excluding hydrogens is 294 g/mol. The Morgan fingerprint density at radius 1 is 1.22 bits per heavy atom. The number of aromatic nitrogens is 5. The Bertz CT molecular complexity index is 803. The largest absolute Gasteiger partial charge is 0.353 e. The maximum atomic E-state index is 5.30. The van der Waals surface area contributed by atoms with E-state index >= 15 is 0 Å². The van der Waals surface area contributed by atoms with E-state index in [1.54, 1.807) is 6.33 Å². The number of fused-ring (bicyclic) bond motifs is 1. The number of rotatable bonds is 3. The molecule has 8 heteroatoms. The van der Waals surface area contributed by atoms with Crippen LogP contribution < -0.4 is 4.90 Å². The average Bonchev–Trinajstić information content (AvgIpc) is 3.22. The topological polar surface area (TPSA) is 87.0 Å². The molecular formula is C15H19N7O. The van der Waals surface area contributed by atoms with Gasteiger partial charge in [-0.15, -0.1) is 0 Å². The number of H-pyrrole nitrogens is 1. The van der Waals surface area contributed by atoms with E-state index in [2.05, 4.69) is 41.8 Å². The van der Waals surface area contributed by atoms with Crippen molar-refractivity contribution in [2.24, 2.45) is 0 Å². The second-order valence-electron chi connectivity index (χ2n) is 5.82. The Balaban J connectivity index is 1.48. The predicted molar refractivity (Wildman–Crippen MR) is 85.1 cm³/mol. The maximum Gasteiger partial charge on any atom is 0.243 e. The van der Waals surface area contributed by atoms with E-state index in [1.165, 1.54) is 0 Å². The van der Waals surface area contributed by atoms with Gasteiger partial charge in [-0.2, -0.15) is 4.98 Å². The van der Waals surface area contributed by atoms with E-state index in [-0.39, 0.29) is 6.04 Å². The highest BCUT2D eigenvalue weighted by molar-refractivity contribution is 5.87. The molecule has 3 aromatic rings. The first-order valence-electron chi connectivity index (χ1n) is 7.79. The minimum absolute atomic E-state index is 0.135. The van der Waals surface area contributed by atoms with Gasteiger partial charge in [0.05, 0.1) is 11.4 Å². The normalized spacial score (nSPS) is 17.7. The molecule has 1 aliphatic heterocycles. The van der Waals surface area contributed by atoms with Crippen LogP contribution in [0.3, 0.4) is 0 Å². The molecule has 0 unspecified atom stereocenters. The van der Waals surface area contributed by atoms with E-state index in [4.69, 9.17) is 4.52 Å². The Hall–Kier alpha value is -2.48. The number of nitrogens with zero attached hydrogens (tertiary/aromatic N) is 6. The Kier molecular flexibility index (Phi) is 3.45. The van der Waals surface area contributed by atoms with Crippen LogP contribution in [0, 0.1) is 6.92 Å². The summed E-state index contributed by atoms with van der Waals surface area (Å²) in [6, 6.07) is 2.16. The molecule has 1 saturated heterocycles. The molecule has 4 heterocycles. The fourth-order valence-corrected chi connectivity index (χ4v) is 3.07. The number of piperazine rings is 1. The van der Waals surface area contributed by atoms with Crippen LogP contribution in [-0.2, 0) is 0 Å². The lowest BCUT2D eigenvalue weighted by Gasteiger charge is -2.37. The van der Waals surface area contributed by atoms with Crippen molar-refractivity contribution in [3.8, 4) is 0 Å². The van der Waals surface area contributed by atoms with E-state index in [0.29, 0.717) is 11.7 Å². The lowest BCUT2D eigenvalue weighted by Crippen LogP contribution is -2.47. The molecule has 0 bridgehead atoms. The quantitative estimate of drug-likeness (QED) is 0.784. The number of aryl methyl sites for hydroxylation is 1. The summed E-state index contributed by atoms with van der Waals surface area (Å²) in [5, 5.41) is 4.95. The molecule has 0 aromatic carbocycles. The third-order valence-corrected chi connectivity index (χ3v) is 4.40. The number of aromatic amines is 1. The van der Waals surface area contributed by atoms with Crippen LogP contribution >= 0.6 is 0 Å². The molecule has 0 radical (unpaired) electrons. The molecule has 0 aliphatic carbocycles. The second-order valence-corrected chi connectivity index (χ2v) is 5.82. The van der Waals surface area contributed by atoms with Crippen molar-refractivity contribution < 1.29 is 4.52 Å². The molecule has 120 valence electrons. The first-order valence-corrected chi connectivity index (χ1v) is 7.79. The smallest absolute Gasteiger partial charge is 0.243 e. The van der Waals surface area contributed by atoms with Gasteiger partial charge in [0, 0.05) is 32.4 Å². The van der Waals surface area contributed by atoms with E-state index in [0.717, 1.165) is 43.0 Å². The standard InChI is InChI=1S/C15H19N7O/c1-10(15-19-11(2)20-23-15)21-5-7-22(8-6-21)14-12-3-4-16-13(12)17-9-18-14/h3-4,9-10H,5-8H2,1-2H3,(H,16,17,18)/t10-/m0/s1. The summed E-state index contributed by atoms with van der Waals surface area (Å²) in [7, 11) is 0. The van der Waals surface area contributed by atoms with Crippen LogP contribution in [0.1, 0.15) is 24.7 Å². The number of nitrogens with one attached hydrogen (secondary N) is 1. The molecule has 3 aromatic heterocycles. The molecule has 1 fully saturated rings. The van der Waals surface area contributed by atoms with Crippen LogP contribution in [0.4, 0.5) is 5.82 Å². The van der Waals surface area contributed by atoms with Crippen molar-refractivity contribution >= 4 is 16.9 Å². The van der Waals surface area contributed by atoms with E-state index in [9.17, 15) is 0 Å². The lowest BCUT2D eigenvalue weighted by atomic mass is 10.2. The Labute approximate surface area is 133 Å². The summed E-state index contributed by atoms with van der Waals surface area (Å²) in [5.41, 5.74) is 0.882. The highest BCUT2D eigenvalue weighted by Crippen LogP contribution is 2.25. The summed E-state index contributed by atoms with van der Waals surface area (Å²) in [4.78, 5) is 20.9. The number of hydrogen-bond donors (Lipinski definition) is 1. The molecule has 1 N–H and O–H groups in total. The fraction of sp³-hybridized carbons (Fsp3) is 0.467. The summed E-state index contributed by atoms with van der Waals surface area (Å²) in [6.07, 6.45) is 3.52. The van der Waals surface area contributed by atoms with E-state index in [1.807, 2.05) is 19.2 Å². The third-order valence-electron chi connectivity index (χ3n) is 4.40. The average molecular weight is 313 g/mol. The first kappa shape index (κ1) is 14.1. The molecule has 1 aliphatic rings. The zero-order chi connectivity index (χ0) is 15.8. The zero-order valence-corrected chi connectivity index (χ0v) is 13.2. The SMILES string of the molecule is Cc1noc([C@H](C)N2CCN(c3ncnc4[nH]ccc34)CC2)n1. The molecule has 1 atom stereocenters. The van der Waals surface area contributed by atoms with Crippen LogP contribution in [0.2, 0.25) is 0 Å². The van der Waals surface area contributed by atoms with Gasteiger partial charge < -0.3 is 14.4 Å². The Morgan fingerprint density at radius 2 is 2.04 bits per heavy atom. The molecule has 0 amide bonds. The van der Waals surface area contributed by atoms with Crippen LogP contribution in [0.5, 0.6) is 0 Å². The van der Waals surface area contributed by atoms with Gasteiger partial charge in [0.2, 0.25) is 5.89 Å². The maximum absolute atomic E-state index is 5.30. The van der Waals surface area contributed by atoms with Gasteiger partial charge in [-0.05, 0) is 19.9 Å². The van der Waals surface area contributed by atoms with Gasteiger partial charge in [-0.25, -0.2) is 9.97 Å². The van der Waals surface area contributed by atoms with Gasteiger partial charge in [0.15, 0.2) is 5.82 Å². The van der Waals surface area contributed by atoms with Crippen molar-refractivity contribution in [2.75, 3.05) is 31.1 Å². The van der Waals surface area contributed by atoms with Gasteiger partial charge >= 0.3 is 0 Å². The van der Waals surface area contributed by atoms with E-state index < -0.39 is 0 Å². The predicted octanol–water partition coefficient (Wildman–Crippen LogP) is 1.53. The summed E-state index contributed by atoms with van der Waals surface area (Å²) in [5.74, 6) is 2.37. The molecule has 8 nitrogen and oxygen atoms in total. The van der Waals surface area contributed by atoms with Crippen molar-refractivity contribution in [3.63, 3.8) is 0 Å². The summed E-state index contributed by atoms with van der Waals surface area (Å²) < 4.78 is 5.30. The fourth-order valence-electron chi connectivity index (χ4n) is 3.07. The lowest BCUT2D eigenvalue weighted by molar-refractivity contribution is 0.164. The van der Waals surface area contributed by atoms with Crippen LogP contribution in [-0.4, -0.2) is 56.2 Å². The van der Waals surface area contributed by atoms with Crippen LogP contribution in [0.15, 0.2) is 23.1 Å². The third kappa shape index (κ3) is 2.55. The summed E-state index contributed by atoms with van der Waals surface area (Å²) >= 11 is 0. The second kappa shape index (κ2) is 5.62. The van der Waals surface area contributed by atoms with Gasteiger partial charge in [-0.3, -0.25) is 4.90 Å². The molecule has 0 saturated carbocycles. The van der Waals surface area contributed by atoms with Crippen LogP contribution in [0.25, 0.3) is 11.0 Å². The minimum atomic E-state index is 0.135. The highest BCUT2D eigenvalue weighted by Gasteiger charge is 2.26. The van der Waals surface area contributed by atoms with Crippen molar-refractivity contribution in [3.05, 3.63) is 30.3 Å². The molecule has 4 rings (SSSR count). The summed E-state index contributed by atoms with van der Waals surface area (Å²) in [6.45, 7) is 7.63.